The summed E-state index contributed by atoms with van der Waals surface area (Å²) in [4.78, 5) is 10.7. The van der Waals surface area contributed by atoms with Crippen molar-refractivity contribution in [2.75, 3.05) is 0 Å². The fraction of sp³-hybridized carbons (Fsp3) is 0.857. The smallest absolute Gasteiger partial charge is 1.00 e. The van der Waals surface area contributed by atoms with E-state index in [4.69, 9.17) is 0 Å². The Morgan fingerprint density at radius 1 is 1.00 bits per heavy atom. The van der Waals surface area contributed by atoms with E-state index >= 15 is 0 Å². The van der Waals surface area contributed by atoms with Crippen LogP contribution in [0.4, 0.5) is 0 Å². The average molecular weight is 120 g/mol. The van der Waals surface area contributed by atoms with Gasteiger partial charge in [0.1, 0.15) is 5.78 Å². The summed E-state index contributed by atoms with van der Waals surface area (Å²) < 4.78 is 0. The summed E-state index contributed by atoms with van der Waals surface area (Å²) in [6.07, 6.45) is 6.51. The molecule has 1 saturated carbocycles. The molecule has 1 nitrogen and oxygen atoms in total. The quantitative estimate of drug-likeness (QED) is 0.297. The van der Waals surface area contributed by atoms with Crippen LogP contribution in [0.2, 0.25) is 0 Å². The first kappa shape index (κ1) is 9.27. The molecule has 0 aromatic rings. The van der Waals surface area contributed by atoms with Crippen LogP contribution >= 0.6 is 0 Å². The number of Topliss-reactive ketones (excluding diaryl/α,β-unsaturated/α-hetero) is 1. The van der Waals surface area contributed by atoms with Gasteiger partial charge in [-0.25, -0.2) is 0 Å². The summed E-state index contributed by atoms with van der Waals surface area (Å²) in [5.41, 5.74) is 0. The van der Waals surface area contributed by atoms with Gasteiger partial charge in [0.15, 0.2) is 0 Å². The number of ketones is 1. The maximum atomic E-state index is 10.7. The Morgan fingerprint density at radius 3 is 1.89 bits per heavy atom. The SMILES string of the molecule is O=C1CCCCCC1.[H-].[Li+]. The topological polar surface area (TPSA) is 17.1 Å². The first-order valence-corrected chi connectivity index (χ1v) is 3.41. The summed E-state index contributed by atoms with van der Waals surface area (Å²) >= 11 is 0. The molecule has 2 heteroatoms. The van der Waals surface area contributed by atoms with Crippen molar-refractivity contribution in [1.29, 1.82) is 0 Å². The second-order valence-electron chi connectivity index (χ2n) is 2.45. The third-order valence-corrected chi connectivity index (χ3v) is 1.66. The van der Waals surface area contributed by atoms with Crippen LogP contribution in [0.15, 0.2) is 0 Å². The van der Waals surface area contributed by atoms with E-state index in [2.05, 4.69) is 0 Å². The third-order valence-electron chi connectivity index (χ3n) is 1.66. The zero-order valence-corrected chi connectivity index (χ0v) is 6.15. The van der Waals surface area contributed by atoms with Crippen LogP contribution in [0.5, 0.6) is 0 Å². The molecule has 1 rings (SSSR count). The minimum Gasteiger partial charge on any atom is -1.00 e. The van der Waals surface area contributed by atoms with Gasteiger partial charge in [0, 0.05) is 12.8 Å². The molecule has 0 atom stereocenters. The van der Waals surface area contributed by atoms with Crippen LogP contribution in [0, 0.1) is 0 Å². The van der Waals surface area contributed by atoms with Crippen LogP contribution in [-0.4, -0.2) is 5.78 Å². The van der Waals surface area contributed by atoms with Crippen LogP contribution in [0.3, 0.4) is 0 Å². The second-order valence-corrected chi connectivity index (χ2v) is 2.45. The van der Waals surface area contributed by atoms with Gasteiger partial charge < -0.3 is 1.43 Å². The molecule has 0 aromatic carbocycles. The van der Waals surface area contributed by atoms with E-state index in [9.17, 15) is 4.79 Å². The van der Waals surface area contributed by atoms with E-state index in [-0.39, 0.29) is 20.3 Å². The number of hydrogen-bond donors (Lipinski definition) is 0. The molecule has 0 unspecified atom stereocenters. The van der Waals surface area contributed by atoms with E-state index in [1.807, 2.05) is 0 Å². The minimum absolute atomic E-state index is 0. The van der Waals surface area contributed by atoms with Crippen molar-refractivity contribution in [1.82, 2.24) is 0 Å². The van der Waals surface area contributed by atoms with Crippen LogP contribution in [0.25, 0.3) is 0 Å². The van der Waals surface area contributed by atoms with E-state index in [1.54, 1.807) is 0 Å². The Kier molecular flexibility index (Phi) is 5.24. The van der Waals surface area contributed by atoms with Crippen molar-refractivity contribution in [3.05, 3.63) is 0 Å². The average Bonchev–Trinajstić information content (AvgIpc) is 1.94. The van der Waals surface area contributed by atoms with Gasteiger partial charge in [-0.2, -0.15) is 0 Å². The first-order valence-electron chi connectivity index (χ1n) is 3.41. The van der Waals surface area contributed by atoms with E-state index in [0.29, 0.717) is 5.78 Å². The third kappa shape index (κ3) is 3.78. The van der Waals surface area contributed by atoms with E-state index in [0.717, 1.165) is 25.7 Å². The molecule has 0 spiro atoms. The van der Waals surface area contributed by atoms with Gasteiger partial charge in [-0.05, 0) is 12.8 Å². The maximum Gasteiger partial charge on any atom is 1.00 e. The summed E-state index contributed by atoms with van der Waals surface area (Å²) in [7, 11) is 0. The van der Waals surface area contributed by atoms with Crippen molar-refractivity contribution in [2.24, 2.45) is 0 Å². The van der Waals surface area contributed by atoms with E-state index < -0.39 is 0 Å². The van der Waals surface area contributed by atoms with Gasteiger partial charge in [0.25, 0.3) is 0 Å². The fourth-order valence-corrected chi connectivity index (χ4v) is 1.12. The molecule has 0 N–H and O–H groups in total. The zero-order chi connectivity index (χ0) is 5.82. The second kappa shape index (κ2) is 5.08. The Morgan fingerprint density at radius 2 is 1.44 bits per heavy atom. The molecule has 0 bridgehead atoms. The van der Waals surface area contributed by atoms with Gasteiger partial charge in [-0.3, -0.25) is 4.79 Å². The monoisotopic (exact) mass is 120 g/mol. The Bertz CT molecular complexity index is 85.6. The molecule has 0 heterocycles. The van der Waals surface area contributed by atoms with Gasteiger partial charge in [0.05, 0.1) is 0 Å². The molecule has 9 heavy (non-hydrogen) atoms. The van der Waals surface area contributed by atoms with Crippen LogP contribution in [0.1, 0.15) is 40.0 Å². The van der Waals surface area contributed by atoms with Crippen LogP contribution in [-0.2, 0) is 4.79 Å². The van der Waals surface area contributed by atoms with E-state index in [1.165, 1.54) is 12.8 Å². The Balaban J connectivity index is 0. The zero-order valence-electron chi connectivity index (χ0n) is 7.15. The molecular weight excluding hydrogens is 107 g/mol. The Labute approximate surface area is 69.9 Å². The molecule has 1 aliphatic carbocycles. The number of carbonyl (C=O) groups is 1. The predicted octanol–water partition coefficient (Wildman–Crippen LogP) is -0.974. The van der Waals surface area contributed by atoms with Crippen molar-refractivity contribution < 1.29 is 25.1 Å². The first-order chi connectivity index (χ1) is 3.89. The summed E-state index contributed by atoms with van der Waals surface area (Å²) in [6.45, 7) is 0. The molecule has 0 saturated heterocycles. The van der Waals surface area contributed by atoms with Gasteiger partial charge in [-0.15, -0.1) is 0 Å². The van der Waals surface area contributed by atoms with Crippen molar-refractivity contribution in [3.8, 4) is 0 Å². The molecule has 1 aliphatic rings. The van der Waals surface area contributed by atoms with Gasteiger partial charge >= 0.3 is 18.9 Å². The molecule has 0 amide bonds. The van der Waals surface area contributed by atoms with Crippen molar-refractivity contribution >= 4 is 5.78 Å². The van der Waals surface area contributed by atoms with Gasteiger partial charge in [-0.1, -0.05) is 12.8 Å². The predicted molar refractivity (Wildman–Crippen MR) is 33.8 cm³/mol. The summed E-state index contributed by atoms with van der Waals surface area (Å²) in [5.74, 6) is 0.475. The van der Waals surface area contributed by atoms with Crippen LogP contribution < -0.4 is 18.9 Å². The molecule has 48 valence electrons. The standard InChI is InChI=1S/C7H12O.Li.H/c8-7-5-3-1-2-4-6-7;;/h1-6H2;;/q;+1;-1. The maximum absolute atomic E-state index is 10.7. The largest absolute Gasteiger partial charge is 1.00 e. The normalized spacial score (nSPS) is 20.2. The van der Waals surface area contributed by atoms with Crippen molar-refractivity contribution in [2.45, 2.75) is 38.5 Å². The summed E-state index contributed by atoms with van der Waals surface area (Å²) in [6, 6.07) is 0. The minimum atomic E-state index is 0. The summed E-state index contributed by atoms with van der Waals surface area (Å²) in [5, 5.41) is 0. The molecule has 1 fully saturated rings. The van der Waals surface area contributed by atoms with Gasteiger partial charge in [0.2, 0.25) is 0 Å². The van der Waals surface area contributed by atoms with Crippen molar-refractivity contribution in [3.63, 3.8) is 0 Å². The Hall–Kier alpha value is 0.267. The fourth-order valence-electron chi connectivity index (χ4n) is 1.12. The molecule has 0 aromatic heterocycles. The molecule has 0 aliphatic heterocycles. The number of hydrogen-bond acceptors (Lipinski definition) is 1. The molecular formula is C7H13LiO. The number of carbonyl (C=O) groups excluding carboxylic acids is 1. The number of rotatable bonds is 0. The molecule has 0 radical (unpaired) electrons.